The molecular formula is C16H19BF4O4. The highest BCUT2D eigenvalue weighted by atomic mass is 19.4. The van der Waals surface area contributed by atoms with E-state index in [1.165, 1.54) is 6.08 Å². The average Bonchev–Trinajstić information content (AvgIpc) is 2.64. The lowest BCUT2D eigenvalue weighted by molar-refractivity contribution is -0.274. The van der Waals surface area contributed by atoms with Gasteiger partial charge >= 0.3 is 13.5 Å². The van der Waals surface area contributed by atoms with Gasteiger partial charge < -0.3 is 19.2 Å². The van der Waals surface area contributed by atoms with Crippen molar-refractivity contribution in [3.63, 3.8) is 0 Å². The van der Waals surface area contributed by atoms with Crippen LogP contribution in [0.1, 0.15) is 33.3 Å². The Kier molecular flexibility index (Phi) is 5.23. The van der Waals surface area contributed by atoms with Crippen LogP contribution in [0.4, 0.5) is 17.6 Å². The van der Waals surface area contributed by atoms with E-state index in [1.807, 2.05) is 27.7 Å². The zero-order chi connectivity index (χ0) is 19.0. The zero-order valence-corrected chi connectivity index (χ0v) is 14.3. The van der Waals surface area contributed by atoms with Crippen LogP contribution in [0.25, 0.3) is 6.08 Å². The van der Waals surface area contributed by atoms with Crippen molar-refractivity contribution in [2.75, 3.05) is 6.61 Å². The van der Waals surface area contributed by atoms with Crippen LogP contribution in [0.5, 0.6) is 5.75 Å². The summed E-state index contributed by atoms with van der Waals surface area (Å²) in [6.07, 6.45) is -3.61. The lowest BCUT2D eigenvalue weighted by atomic mass is 9.77. The standard InChI is InChI=1S/C16H19BF4O4/c1-14(2)15(3,4)25-17(24-14)11(9-22)7-10-5-6-12(8-13(10)18)23-16(19,20)21/h5-8,22H,9H2,1-4H3. The fourth-order valence-electron chi connectivity index (χ4n) is 2.20. The molecule has 1 saturated heterocycles. The summed E-state index contributed by atoms with van der Waals surface area (Å²) in [5.41, 5.74) is -1.06. The molecule has 1 aromatic rings. The molecule has 138 valence electrons. The summed E-state index contributed by atoms with van der Waals surface area (Å²) in [5.74, 6) is -1.59. The zero-order valence-electron chi connectivity index (χ0n) is 14.3. The number of hydrogen-bond acceptors (Lipinski definition) is 4. The molecule has 1 fully saturated rings. The molecule has 4 nitrogen and oxygen atoms in total. The molecule has 0 aliphatic carbocycles. The molecule has 0 spiro atoms. The molecule has 9 heteroatoms. The number of halogens is 4. The third kappa shape index (κ3) is 4.53. The molecule has 0 radical (unpaired) electrons. The number of benzene rings is 1. The Balaban J connectivity index is 2.26. The van der Waals surface area contributed by atoms with Crippen LogP contribution >= 0.6 is 0 Å². The Morgan fingerprint density at radius 3 is 2.20 bits per heavy atom. The summed E-state index contributed by atoms with van der Waals surface area (Å²) in [5, 5.41) is 9.56. The Bertz CT molecular complexity index is 655. The van der Waals surface area contributed by atoms with Crippen molar-refractivity contribution >= 4 is 13.2 Å². The van der Waals surface area contributed by atoms with Crippen LogP contribution in [-0.4, -0.2) is 36.4 Å². The number of rotatable bonds is 4. The largest absolute Gasteiger partial charge is 0.573 e. The van der Waals surface area contributed by atoms with E-state index in [0.717, 1.165) is 12.1 Å². The maximum Gasteiger partial charge on any atom is 0.573 e. The Hall–Kier alpha value is -1.58. The number of aliphatic hydroxyl groups excluding tert-OH is 1. The van der Waals surface area contributed by atoms with Crippen LogP contribution in [0.2, 0.25) is 0 Å². The number of alkyl halides is 3. The maximum atomic E-state index is 14.1. The summed E-state index contributed by atoms with van der Waals surface area (Å²) in [7, 11) is -0.888. The molecule has 0 saturated carbocycles. The minimum Gasteiger partial charge on any atom is -0.406 e. The van der Waals surface area contributed by atoms with E-state index in [4.69, 9.17) is 9.31 Å². The molecule has 0 amide bonds. The minimum atomic E-state index is -4.90. The highest BCUT2D eigenvalue weighted by molar-refractivity contribution is 6.55. The number of hydrogen-bond donors (Lipinski definition) is 1. The van der Waals surface area contributed by atoms with Gasteiger partial charge in [0.25, 0.3) is 0 Å². The van der Waals surface area contributed by atoms with Crippen LogP contribution in [0, 0.1) is 5.82 Å². The molecule has 1 aliphatic heterocycles. The van der Waals surface area contributed by atoms with E-state index in [0.29, 0.717) is 6.07 Å². The molecule has 1 N–H and O–H groups in total. The Morgan fingerprint density at radius 1 is 1.20 bits per heavy atom. The first-order valence-corrected chi connectivity index (χ1v) is 7.57. The second kappa shape index (κ2) is 6.62. The highest BCUT2D eigenvalue weighted by Crippen LogP contribution is 2.39. The maximum absolute atomic E-state index is 14.1. The fraction of sp³-hybridized carbons (Fsp3) is 0.500. The molecule has 1 aliphatic rings. The molecule has 0 bridgehead atoms. The van der Waals surface area contributed by atoms with Crippen molar-refractivity contribution in [2.45, 2.75) is 45.3 Å². The van der Waals surface area contributed by atoms with Crippen molar-refractivity contribution in [2.24, 2.45) is 0 Å². The molecule has 0 unspecified atom stereocenters. The van der Waals surface area contributed by atoms with Gasteiger partial charge in [0.2, 0.25) is 0 Å². The van der Waals surface area contributed by atoms with Crippen LogP contribution in [-0.2, 0) is 9.31 Å². The molecule has 25 heavy (non-hydrogen) atoms. The van der Waals surface area contributed by atoms with Crippen LogP contribution < -0.4 is 4.74 Å². The van der Waals surface area contributed by atoms with Crippen molar-refractivity contribution < 1.29 is 36.7 Å². The summed E-state index contributed by atoms with van der Waals surface area (Å²) in [6, 6.07) is 2.73. The van der Waals surface area contributed by atoms with Crippen molar-refractivity contribution in [3.8, 4) is 5.75 Å². The lowest BCUT2D eigenvalue weighted by Crippen LogP contribution is -2.41. The predicted molar refractivity (Wildman–Crippen MR) is 84.2 cm³/mol. The summed E-state index contributed by atoms with van der Waals surface area (Å²) in [6.45, 7) is 6.84. The van der Waals surface area contributed by atoms with Gasteiger partial charge in [0, 0.05) is 11.6 Å². The van der Waals surface area contributed by atoms with Crippen molar-refractivity contribution in [1.29, 1.82) is 0 Å². The summed E-state index contributed by atoms with van der Waals surface area (Å²) in [4.78, 5) is 0. The predicted octanol–water partition coefficient (Wildman–Crippen LogP) is 3.73. The molecule has 0 atom stereocenters. The minimum absolute atomic E-state index is 0.0201. The molecular weight excluding hydrogens is 343 g/mol. The molecule has 0 aromatic heterocycles. The van der Waals surface area contributed by atoms with Gasteiger partial charge in [-0.1, -0.05) is 6.08 Å². The normalized spacial score (nSPS) is 20.0. The number of aliphatic hydroxyl groups is 1. The van der Waals surface area contributed by atoms with E-state index in [-0.39, 0.29) is 11.0 Å². The van der Waals surface area contributed by atoms with Gasteiger partial charge in [-0.3, -0.25) is 0 Å². The van der Waals surface area contributed by atoms with Gasteiger partial charge in [-0.15, -0.1) is 13.2 Å². The Morgan fingerprint density at radius 2 is 1.76 bits per heavy atom. The second-order valence-corrected chi connectivity index (χ2v) is 6.70. The summed E-state index contributed by atoms with van der Waals surface area (Å²) < 4.78 is 65.8. The molecule has 1 heterocycles. The van der Waals surface area contributed by atoms with E-state index < -0.39 is 42.9 Å². The van der Waals surface area contributed by atoms with Gasteiger partial charge in [0.15, 0.2) is 0 Å². The van der Waals surface area contributed by atoms with Gasteiger partial charge in [-0.2, -0.15) is 0 Å². The first kappa shape index (κ1) is 19.7. The fourth-order valence-corrected chi connectivity index (χ4v) is 2.20. The first-order valence-electron chi connectivity index (χ1n) is 7.57. The molecule has 1 aromatic carbocycles. The average molecular weight is 362 g/mol. The summed E-state index contributed by atoms with van der Waals surface area (Å²) >= 11 is 0. The van der Waals surface area contributed by atoms with Crippen LogP contribution in [0.3, 0.4) is 0 Å². The number of ether oxygens (including phenoxy) is 1. The topological polar surface area (TPSA) is 47.9 Å². The van der Waals surface area contributed by atoms with Crippen molar-refractivity contribution in [1.82, 2.24) is 0 Å². The lowest BCUT2D eigenvalue weighted by Gasteiger charge is -2.32. The van der Waals surface area contributed by atoms with E-state index >= 15 is 0 Å². The Labute approximate surface area is 143 Å². The van der Waals surface area contributed by atoms with Gasteiger partial charge in [-0.25, -0.2) is 4.39 Å². The first-order chi connectivity index (χ1) is 11.3. The smallest absolute Gasteiger partial charge is 0.406 e. The second-order valence-electron chi connectivity index (χ2n) is 6.70. The molecule has 2 rings (SSSR count). The van der Waals surface area contributed by atoms with Crippen LogP contribution in [0.15, 0.2) is 23.7 Å². The highest BCUT2D eigenvalue weighted by Gasteiger charge is 2.52. The van der Waals surface area contributed by atoms with E-state index in [9.17, 15) is 22.7 Å². The van der Waals surface area contributed by atoms with Gasteiger partial charge in [0.05, 0.1) is 17.8 Å². The van der Waals surface area contributed by atoms with Gasteiger partial charge in [-0.05, 0) is 45.3 Å². The third-order valence-electron chi connectivity index (χ3n) is 4.28. The monoisotopic (exact) mass is 362 g/mol. The van der Waals surface area contributed by atoms with E-state index in [2.05, 4.69) is 4.74 Å². The third-order valence-corrected chi connectivity index (χ3v) is 4.28. The van der Waals surface area contributed by atoms with Gasteiger partial charge in [0.1, 0.15) is 11.6 Å². The van der Waals surface area contributed by atoms with E-state index in [1.54, 1.807) is 0 Å². The quantitative estimate of drug-likeness (QED) is 0.655. The van der Waals surface area contributed by atoms with Crippen molar-refractivity contribution in [3.05, 3.63) is 35.1 Å². The SMILES string of the molecule is CC1(C)OB(C(=Cc2ccc(OC(F)(F)F)cc2F)CO)OC1(C)C.